The molecule has 7 nitrogen and oxygen atoms in total. The fraction of sp³-hybridized carbons (Fsp3) is 0.227. The minimum atomic E-state index is -0.348. The monoisotopic (exact) mass is 390 g/mol. The lowest BCUT2D eigenvalue weighted by molar-refractivity contribution is -0.384. The third-order valence-corrected chi connectivity index (χ3v) is 5.22. The van der Waals surface area contributed by atoms with Gasteiger partial charge in [0.25, 0.3) is 5.69 Å². The maximum absolute atomic E-state index is 12.6. The summed E-state index contributed by atoms with van der Waals surface area (Å²) in [6.45, 7) is 2.94. The van der Waals surface area contributed by atoms with Crippen LogP contribution in [0.4, 0.5) is 17.1 Å². The summed E-state index contributed by atoms with van der Waals surface area (Å²) in [6, 6.07) is 20.6. The molecular formula is C22H22N4O3. The molecule has 0 bridgehead atoms. The molecule has 1 N–H and O–H groups in total. The summed E-state index contributed by atoms with van der Waals surface area (Å²) in [5, 5.41) is 16.4. The van der Waals surface area contributed by atoms with Gasteiger partial charge < -0.3 is 10.2 Å². The van der Waals surface area contributed by atoms with Crippen molar-refractivity contribution < 1.29 is 9.72 Å². The van der Waals surface area contributed by atoms with Gasteiger partial charge in [0.1, 0.15) is 5.69 Å². The average molecular weight is 390 g/mol. The van der Waals surface area contributed by atoms with Gasteiger partial charge in [-0.05, 0) is 17.5 Å². The van der Waals surface area contributed by atoms with E-state index in [-0.39, 0.29) is 16.5 Å². The summed E-state index contributed by atoms with van der Waals surface area (Å²) < 4.78 is 0. The van der Waals surface area contributed by atoms with Gasteiger partial charge in [-0.1, -0.05) is 48.5 Å². The number of nitro benzene ring substituents is 1. The van der Waals surface area contributed by atoms with Crippen molar-refractivity contribution in [1.29, 1.82) is 0 Å². The molecule has 0 saturated carbocycles. The van der Waals surface area contributed by atoms with E-state index in [1.807, 2.05) is 53.4 Å². The van der Waals surface area contributed by atoms with Crippen molar-refractivity contribution >= 4 is 33.7 Å². The van der Waals surface area contributed by atoms with Crippen molar-refractivity contribution in [2.75, 3.05) is 42.9 Å². The Morgan fingerprint density at radius 2 is 1.62 bits per heavy atom. The maximum Gasteiger partial charge on any atom is 0.292 e. The molecule has 7 heteroatoms. The lowest BCUT2D eigenvalue weighted by atomic mass is 10.1. The lowest BCUT2D eigenvalue weighted by Crippen LogP contribution is -2.48. The topological polar surface area (TPSA) is 78.7 Å². The molecular weight excluding hydrogens is 368 g/mol. The van der Waals surface area contributed by atoms with Crippen LogP contribution >= 0.6 is 0 Å². The number of anilines is 2. The van der Waals surface area contributed by atoms with Gasteiger partial charge in [0.05, 0.1) is 11.5 Å². The van der Waals surface area contributed by atoms with Gasteiger partial charge in [-0.3, -0.25) is 19.8 Å². The maximum atomic E-state index is 12.6. The van der Waals surface area contributed by atoms with Gasteiger partial charge in [0.2, 0.25) is 5.91 Å². The van der Waals surface area contributed by atoms with E-state index in [9.17, 15) is 14.9 Å². The highest BCUT2D eigenvalue weighted by Gasteiger charge is 2.24. The van der Waals surface area contributed by atoms with Crippen LogP contribution in [0.3, 0.4) is 0 Å². The number of nitro groups is 1. The highest BCUT2D eigenvalue weighted by atomic mass is 16.6. The number of carbonyl (C=O) groups is 1. The van der Waals surface area contributed by atoms with Crippen molar-refractivity contribution in [1.82, 2.24) is 4.90 Å². The van der Waals surface area contributed by atoms with Gasteiger partial charge in [0.15, 0.2) is 0 Å². The minimum absolute atomic E-state index is 0.0551. The van der Waals surface area contributed by atoms with Crippen LogP contribution in [-0.2, 0) is 4.79 Å². The number of nitrogens with one attached hydrogen (secondary N) is 1. The molecule has 0 aromatic heterocycles. The zero-order valence-corrected chi connectivity index (χ0v) is 16.0. The van der Waals surface area contributed by atoms with Gasteiger partial charge in [-0.25, -0.2) is 0 Å². The number of hydrogen-bond donors (Lipinski definition) is 1. The molecule has 3 aromatic carbocycles. The zero-order chi connectivity index (χ0) is 20.2. The largest absolute Gasteiger partial charge is 0.363 e. The number of rotatable bonds is 5. The Bertz CT molecular complexity index is 1040. The summed E-state index contributed by atoms with van der Waals surface area (Å²) in [5.41, 5.74) is 1.57. The molecule has 29 heavy (non-hydrogen) atoms. The quantitative estimate of drug-likeness (QED) is 0.533. The van der Waals surface area contributed by atoms with Gasteiger partial charge in [-0.15, -0.1) is 0 Å². The first-order valence-corrected chi connectivity index (χ1v) is 9.60. The van der Waals surface area contributed by atoms with Crippen molar-refractivity contribution in [3.8, 4) is 0 Å². The summed E-state index contributed by atoms with van der Waals surface area (Å²) in [7, 11) is 0. The number of nitrogens with zero attached hydrogens (tertiary/aromatic N) is 3. The Hall–Kier alpha value is -3.45. The van der Waals surface area contributed by atoms with Crippen molar-refractivity contribution in [2.45, 2.75) is 0 Å². The zero-order valence-electron chi connectivity index (χ0n) is 16.0. The Balaban J connectivity index is 1.36. The molecule has 0 spiro atoms. The summed E-state index contributed by atoms with van der Waals surface area (Å²) >= 11 is 0. The van der Waals surface area contributed by atoms with E-state index < -0.39 is 0 Å². The highest BCUT2D eigenvalue weighted by Crippen LogP contribution is 2.28. The smallest absolute Gasteiger partial charge is 0.292 e. The van der Waals surface area contributed by atoms with E-state index >= 15 is 0 Å². The molecule has 0 unspecified atom stereocenters. The highest BCUT2D eigenvalue weighted by molar-refractivity contribution is 6.02. The second-order valence-corrected chi connectivity index (χ2v) is 7.08. The average Bonchev–Trinajstić information content (AvgIpc) is 2.74. The molecule has 0 radical (unpaired) electrons. The fourth-order valence-electron chi connectivity index (χ4n) is 3.76. The molecule has 148 valence electrons. The number of fused-ring (bicyclic) bond motifs is 1. The van der Waals surface area contributed by atoms with E-state index in [1.165, 1.54) is 6.07 Å². The number of carbonyl (C=O) groups excluding carboxylic acids is 1. The van der Waals surface area contributed by atoms with Crippen LogP contribution in [-0.4, -0.2) is 48.5 Å². The predicted molar refractivity (Wildman–Crippen MR) is 114 cm³/mol. The van der Waals surface area contributed by atoms with Crippen molar-refractivity contribution in [3.63, 3.8) is 0 Å². The third kappa shape index (κ3) is 4.20. The van der Waals surface area contributed by atoms with Gasteiger partial charge in [0, 0.05) is 43.3 Å². The molecule has 1 aliphatic heterocycles. The second-order valence-electron chi connectivity index (χ2n) is 7.08. The Labute approximate surface area is 168 Å². The fourth-order valence-corrected chi connectivity index (χ4v) is 3.76. The normalized spacial score (nSPS) is 14.7. The van der Waals surface area contributed by atoms with E-state index in [4.69, 9.17) is 0 Å². The van der Waals surface area contributed by atoms with Crippen LogP contribution in [0.15, 0.2) is 66.7 Å². The Kier molecular flexibility index (Phi) is 5.39. The van der Waals surface area contributed by atoms with Crippen LogP contribution in [0, 0.1) is 10.1 Å². The van der Waals surface area contributed by atoms with E-state index in [1.54, 1.807) is 12.1 Å². The first-order chi connectivity index (χ1) is 14.1. The predicted octanol–water partition coefficient (Wildman–Crippen LogP) is 3.51. The summed E-state index contributed by atoms with van der Waals surface area (Å²) in [5.74, 6) is -0.0551. The van der Waals surface area contributed by atoms with Crippen LogP contribution in [0.1, 0.15) is 0 Å². The number of amides is 1. The van der Waals surface area contributed by atoms with E-state index in [0.29, 0.717) is 38.4 Å². The Morgan fingerprint density at radius 3 is 2.41 bits per heavy atom. The third-order valence-electron chi connectivity index (χ3n) is 5.22. The Morgan fingerprint density at radius 1 is 0.931 bits per heavy atom. The molecule has 1 heterocycles. The van der Waals surface area contributed by atoms with Crippen LogP contribution in [0.25, 0.3) is 10.8 Å². The van der Waals surface area contributed by atoms with Crippen LogP contribution in [0.5, 0.6) is 0 Å². The van der Waals surface area contributed by atoms with E-state index in [0.717, 1.165) is 16.5 Å². The molecule has 4 rings (SSSR count). The van der Waals surface area contributed by atoms with Crippen molar-refractivity contribution in [2.24, 2.45) is 0 Å². The van der Waals surface area contributed by atoms with Crippen molar-refractivity contribution in [3.05, 3.63) is 76.8 Å². The van der Waals surface area contributed by atoms with Crippen LogP contribution < -0.4 is 10.2 Å². The number of piperazine rings is 1. The summed E-state index contributed by atoms with van der Waals surface area (Å²) in [4.78, 5) is 27.6. The van der Waals surface area contributed by atoms with Crippen LogP contribution in [0.2, 0.25) is 0 Å². The lowest BCUT2D eigenvalue weighted by Gasteiger charge is -2.35. The molecule has 1 fully saturated rings. The standard InChI is InChI=1S/C22H22N4O3/c27-22(23-19-9-5-7-17-6-1-2-8-18(17)19)16-24-12-14-25(15-13-24)20-10-3-4-11-21(20)26(28)29/h1-11H,12-16H2,(H,23,27). The van der Waals surface area contributed by atoms with E-state index in [2.05, 4.69) is 10.2 Å². The SMILES string of the molecule is O=C(CN1CCN(c2ccccc2[N+](=O)[O-])CC1)Nc1cccc2ccccc12. The molecule has 1 amide bonds. The number of benzene rings is 3. The van der Waals surface area contributed by atoms with Gasteiger partial charge >= 0.3 is 0 Å². The number of para-hydroxylation sites is 2. The molecule has 0 atom stereocenters. The molecule has 0 aliphatic carbocycles. The molecule has 3 aromatic rings. The molecule has 1 aliphatic rings. The first kappa shape index (κ1) is 18.9. The molecule has 1 saturated heterocycles. The minimum Gasteiger partial charge on any atom is -0.363 e. The summed E-state index contributed by atoms with van der Waals surface area (Å²) in [6.07, 6.45) is 0. The second kappa shape index (κ2) is 8.28. The first-order valence-electron chi connectivity index (χ1n) is 9.60. The number of hydrogen-bond acceptors (Lipinski definition) is 5. The van der Waals surface area contributed by atoms with Gasteiger partial charge in [-0.2, -0.15) is 0 Å².